The fourth-order valence-corrected chi connectivity index (χ4v) is 6.46. The molecule has 0 radical (unpaired) electrons. The summed E-state index contributed by atoms with van der Waals surface area (Å²) in [5, 5.41) is 0.597. The van der Waals surface area contributed by atoms with E-state index in [1.807, 2.05) is 37.2 Å². The van der Waals surface area contributed by atoms with E-state index in [2.05, 4.69) is 6.92 Å². The van der Waals surface area contributed by atoms with Crippen LogP contribution in [0.25, 0.3) is 10.2 Å². The summed E-state index contributed by atoms with van der Waals surface area (Å²) in [4.78, 5) is 22.1. The van der Waals surface area contributed by atoms with E-state index >= 15 is 0 Å². The summed E-state index contributed by atoms with van der Waals surface area (Å²) >= 11 is 1.44. The van der Waals surface area contributed by atoms with Crippen LogP contribution in [0.3, 0.4) is 0 Å². The largest absolute Gasteiger partial charge is 0.497 e. The van der Waals surface area contributed by atoms with E-state index in [0.29, 0.717) is 48.5 Å². The summed E-state index contributed by atoms with van der Waals surface area (Å²) in [5.74, 6) is 1.03. The highest BCUT2D eigenvalue weighted by atomic mass is 35.5. The second-order valence-corrected chi connectivity index (χ2v) is 12.1. The minimum atomic E-state index is -3.57. The molecular formula is C25H33ClN4O4S2. The molecule has 0 bridgehead atoms. The second-order valence-electron chi connectivity index (χ2n) is 9.20. The molecule has 4 rings (SSSR count). The number of piperidine rings is 1. The summed E-state index contributed by atoms with van der Waals surface area (Å²) in [7, 11) is 1.94. The Morgan fingerprint density at radius 1 is 1.11 bits per heavy atom. The number of fused-ring (bicyclic) bond motifs is 1. The van der Waals surface area contributed by atoms with Crippen LogP contribution in [-0.4, -0.2) is 75.9 Å². The SMILES string of the molecule is COc1ccc2sc(N(CCN(C)C)C(=O)c3ccc(S(=O)(=O)N4CCC(C)CC4)cc3)nc2c1.Cl. The number of hydrogen-bond acceptors (Lipinski definition) is 7. The van der Waals surface area contributed by atoms with Crippen LogP contribution in [-0.2, 0) is 10.0 Å². The zero-order valence-corrected chi connectivity index (χ0v) is 23.5. The van der Waals surface area contributed by atoms with E-state index in [1.54, 1.807) is 28.4 Å². The van der Waals surface area contributed by atoms with Gasteiger partial charge in [-0.05, 0) is 69.3 Å². The molecule has 1 aliphatic rings. The molecule has 3 aromatic rings. The Morgan fingerprint density at radius 2 is 1.78 bits per heavy atom. The van der Waals surface area contributed by atoms with Crippen molar-refractivity contribution in [3.8, 4) is 5.75 Å². The number of amides is 1. The third-order valence-corrected chi connectivity index (χ3v) is 9.28. The molecule has 1 aliphatic heterocycles. The van der Waals surface area contributed by atoms with Crippen LogP contribution in [0.1, 0.15) is 30.1 Å². The first-order valence-electron chi connectivity index (χ1n) is 11.7. The van der Waals surface area contributed by atoms with Crippen molar-refractivity contribution >= 4 is 55.0 Å². The van der Waals surface area contributed by atoms with Crippen LogP contribution in [0, 0.1) is 5.92 Å². The molecular weight excluding hydrogens is 520 g/mol. The highest BCUT2D eigenvalue weighted by molar-refractivity contribution is 7.89. The predicted octanol–water partition coefficient (Wildman–Crippen LogP) is 4.36. The van der Waals surface area contributed by atoms with E-state index in [0.717, 1.165) is 23.1 Å². The molecule has 8 nitrogen and oxygen atoms in total. The van der Waals surface area contributed by atoms with Crippen LogP contribution in [0.15, 0.2) is 47.4 Å². The number of halogens is 1. The number of carbonyl (C=O) groups excluding carboxylic acids is 1. The van der Waals surface area contributed by atoms with Gasteiger partial charge < -0.3 is 9.64 Å². The summed E-state index contributed by atoms with van der Waals surface area (Å²) in [6.07, 6.45) is 1.73. The Bertz CT molecular complexity index is 1290. The van der Waals surface area contributed by atoms with Crippen molar-refractivity contribution < 1.29 is 17.9 Å². The lowest BCUT2D eigenvalue weighted by Gasteiger charge is -2.29. The Kier molecular flexibility index (Phi) is 9.34. The van der Waals surface area contributed by atoms with Gasteiger partial charge in [-0.2, -0.15) is 4.31 Å². The van der Waals surface area contributed by atoms with Crippen molar-refractivity contribution in [2.24, 2.45) is 5.92 Å². The van der Waals surface area contributed by atoms with Gasteiger partial charge in [-0.15, -0.1) is 12.4 Å². The molecule has 11 heteroatoms. The second kappa shape index (κ2) is 11.9. The molecule has 0 atom stereocenters. The summed E-state index contributed by atoms with van der Waals surface area (Å²) in [6.45, 7) is 4.32. The Hall–Kier alpha value is -2.24. The zero-order valence-electron chi connectivity index (χ0n) is 21.0. The van der Waals surface area contributed by atoms with Crippen molar-refractivity contribution in [1.29, 1.82) is 0 Å². The van der Waals surface area contributed by atoms with E-state index in [1.165, 1.54) is 23.5 Å². The summed E-state index contributed by atoms with van der Waals surface area (Å²) in [5.41, 5.74) is 1.19. The molecule has 2 heterocycles. The molecule has 2 aromatic carbocycles. The van der Waals surface area contributed by atoms with Gasteiger partial charge in [-0.1, -0.05) is 18.3 Å². The Balaban J connectivity index is 0.00000361. The molecule has 1 fully saturated rings. The van der Waals surface area contributed by atoms with Crippen molar-refractivity contribution in [3.63, 3.8) is 0 Å². The van der Waals surface area contributed by atoms with Gasteiger partial charge in [-0.3, -0.25) is 9.69 Å². The first-order chi connectivity index (χ1) is 16.7. The number of hydrogen-bond donors (Lipinski definition) is 0. The molecule has 0 saturated carbocycles. The molecule has 1 saturated heterocycles. The van der Waals surface area contributed by atoms with Crippen molar-refractivity contribution in [3.05, 3.63) is 48.0 Å². The number of aromatic nitrogens is 1. The number of thiazole rings is 1. The quantitative estimate of drug-likeness (QED) is 0.413. The van der Waals surface area contributed by atoms with E-state index < -0.39 is 10.0 Å². The average Bonchev–Trinajstić information content (AvgIpc) is 3.27. The maximum Gasteiger partial charge on any atom is 0.260 e. The number of benzene rings is 2. The maximum atomic E-state index is 13.5. The zero-order chi connectivity index (χ0) is 25.2. The van der Waals surface area contributed by atoms with Gasteiger partial charge in [-0.25, -0.2) is 13.4 Å². The van der Waals surface area contributed by atoms with Gasteiger partial charge in [0.05, 0.1) is 22.2 Å². The lowest BCUT2D eigenvalue weighted by atomic mass is 10.0. The Morgan fingerprint density at radius 3 is 2.39 bits per heavy atom. The minimum absolute atomic E-state index is 0. The molecule has 1 aromatic heterocycles. The third-order valence-electron chi connectivity index (χ3n) is 6.31. The first kappa shape index (κ1) is 28.3. The number of rotatable bonds is 8. The number of ether oxygens (including phenoxy) is 1. The fraction of sp³-hybridized carbons (Fsp3) is 0.440. The van der Waals surface area contributed by atoms with Crippen LogP contribution in [0.4, 0.5) is 5.13 Å². The lowest BCUT2D eigenvalue weighted by Crippen LogP contribution is -2.38. The molecule has 1 amide bonds. The summed E-state index contributed by atoms with van der Waals surface area (Å²) in [6, 6.07) is 11.9. The monoisotopic (exact) mass is 552 g/mol. The standard InChI is InChI=1S/C25H32N4O4S2.ClH/c1-18-11-13-28(14-12-18)35(31,32)21-8-5-19(6-9-21)24(30)29(16-15-27(2)3)25-26-22-17-20(33-4)7-10-23(22)34-25;/h5-10,17-18H,11-16H2,1-4H3;1H. The summed E-state index contributed by atoms with van der Waals surface area (Å²) < 4.78 is 33.9. The number of methoxy groups -OCH3 is 1. The number of carbonyl (C=O) groups is 1. The molecule has 0 spiro atoms. The smallest absolute Gasteiger partial charge is 0.260 e. The van der Waals surface area contributed by atoms with Gasteiger partial charge in [0.25, 0.3) is 5.91 Å². The minimum Gasteiger partial charge on any atom is -0.497 e. The van der Waals surface area contributed by atoms with Gasteiger partial charge >= 0.3 is 0 Å². The van der Waals surface area contributed by atoms with Crippen LogP contribution in [0.5, 0.6) is 5.75 Å². The average molecular weight is 553 g/mol. The highest BCUT2D eigenvalue weighted by Gasteiger charge is 2.29. The van der Waals surface area contributed by atoms with Crippen molar-refractivity contribution in [2.75, 3.05) is 52.3 Å². The van der Waals surface area contributed by atoms with E-state index in [-0.39, 0.29) is 23.2 Å². The normalized spacial score (nSPS) is 15.1. The fourth-order valence-electron chi connectivity index (χ4n) is 4.02. The number of anilines is 1. The molecule has 0 unspecified atom stereocenters. The molecule has 196 valence electrons. The van der Waals surface area contributed by atoms with E-state index in [4.69, 9.17) is 9.72 Å². The number of nitrogens with zero attached hydrogens (tertiary/aromatic N) is 4. The van der Waals surface area contributed by atoms with Crippen molar-refractivity contribution in [1.82, 2.24) is 14.2 Å². The topological polar surface area (TPSA) is 83.0 Å². The van der Waals surface area contributed by atoms with Gasteiger partial charge in [0, 0.05) is 37.8 Å². The van der Waals surface area contributed by atoms with Crippen molar-refractivity contribution in [2.45, 2.75) is 24.7 Å². The molecule has 36 heavy (non-hydrogen) atoms. The van der Waals surface area contributed by atoms with Gasteiger partial charge in [0.15, 0.2) is 5.13 Å². The molecule has 0 aliphatic carbocycles. The third kappa shape index (κ3) is 6.18. The van der Waals surface area contributed by atoms with E-state index in [9.17, 15) is 13.2 Å². The predicted molar refractivity (Wildman–Crippen MR) is 147 cm³/mol. The van der Waals surface area contributed by atoms with Crippen LogP contribution in [0.2, 0.25) is 0 Å². The van der Waals surface area contributed by atoms with Crippen LogP contribution >= 0.6 is 23.7 Å². The number of sulfonamides is 1. The maximum absolute atomic E-state index is 13.5. The van der Waals surface area contributed by atoms with Gasteiger partial charge in [0.1, 0.15) is 5.75 Å². The highest BCUT2D eigenvalue weighted by Crippen LogP contribution is 2.32. The molecule has 0 N–H and O–H groups in total. The van der Waals surface area contributed by atoms with Gasteiger partial charge in [0.2, 0.25) is 10.0 Å². The first-order valence-corrected chi connectivity index (χ1v) is 14.0. The Labute approximate surface area is 223 Å². The lowest BCUT2D eigenvalue weighted by molar-refractivity contribution is 0.0985. The van der Waals surface area contributed by atoms with Crippen LogP contribution < -0.4 is 9.64 Å². The number of likely N-dealkylation sites (N-methyl/N-ethyl adjacent to an activating group) is 1.